The lowest BCUT2D eigenvalue weighted by Gasteiger charge is -2.37. The second-order valence-electron chi connectivity index (χ2n) is 24.8. The van der Waals surface area contributed by atoms with E-state index >= 15 is 0 Å². The molecule has 61 heavy (non-hydrogen) atoms. The maximum absolute atomic E-state index is 6.81. The molecule has 0 atom stereocenters. The monoisotopic (exact) mass is 937 g/mol. The molecule has 0 saturated carbocycles. The minimum Gasteiger partial charge on any atom is -0.439 e. The molecule has 0 aliphatic heterocycles. The van der Waals surface area contributed by atoms with Gasteiger partial charge in [-0.1, -0.05) is 146 Å². The fourth-order valence-corrected chi connectivity index (χ4v) is 8.75. The summed E-state index contributed by atoms with van der Waals surface area (Å²) in [6, 6.07) is 3.79. The maximum atomic E-state index is 6.81. The van der Waals surface area contributed by atoms with Crippen LogP contribution in [0.1, 0.15) is 94.6 Å². The Morgan fingerprint density at radius 1 is 0.393 bits per heavy atom. The molecule has 0 aromatic carbocycles. The van der Waals surface area contributed by atoms with Gasteiger partial charge in [0.25, 0.3) is 0 Å². The minimum atomic E-state index is -2.11. The third kappa shape index (κ3) is 19.4. The van der Waals surface area contributed by atoms with E-state index in [9.17, 15) is 0 Å². The van der Waals surface area contributed by atoms with Crippen molar-refractivity contribution in [2.75, 3.05) is 26.4 Å². The van der Waals surface area contributed by atoms with E-state index in [0.29, 0.717) is 37.9 Å². The molecule has 1 aromatic rings. The third-order valence-corrected chi connectivity index (χ3v) is 32.4. The van der Waals surface area contributed by atoms with E-state index in [1.54, 1.807) is 0 Å². The quantitative estimate of drug-likeness (QED) is 0.154. The van der Waals surface area contributed by atoms with Gasteiger partial charge in [0.15, 0.2) is 44.8 Å². The molecule has 0 fully saturated rings. The van der Waals surface area contributed by atoms with Gasteiger partial charge >= 0.3 is 0 Å². The molecule has 0 N–H and O–H groups in total. The predicted octanol–water partition coefficient (Wildman–Crippen LogP) is 14.4. The van der Waals surface area contributed by atoms with Crippen molar-refractivity contribution in [1.29, 1.82) is 0 Å². The van der Waals surface area contributed by atoms with Gasteiger partial charge < -0.3 is 22.1 Å². The minimum absolute atomic E-state index is 0.0436. The molecule has 0 bridgehead atoms. The Hall–Kier alpha value is -1.86. The molecule has 0 aliphatic carbocycles. The van der Waals surface area contributed by atoms with Crippen molar-refractivity contribution in [2.45, 2.75) is 195 Å². The van der Waals surface area contributed by atoms with E-state index in [1.807, 2.05) is 12.1 Å². The fourth-order valence-electron chi connectivity index (χ4n) is 3.94. The Morgan fingerprint density at radius 2 is 0.607 bits per heavy atom. The van der Waals surface area contributed by atoms with Crippen LogP contribution in [0.5, 0.6) is 0 Å². The summed E-state index contributed by atoms with van der Waals surface area (Å²) in [5.74, 6) is 21.8. The summed E-state index contributed by atoms with van der Waals surface area (Å²) in [5, 5.41) is 0.208. The van der Waals surface area contributed by atoms with Gasteiger partial charge in [0.2, 0.25) is 0 Å². The van der Waals surface area contributed by atoms with Crippen LogP contribution in [0.25, 0.3) is 0 Å². The Morgan fingerprint density at radius 3 is 0.803 bits per heavy atom. The molecule has 342 valence electrons. The highest BCUT2D eigenvalue weighted by Gasteiger charge is 2.40. The number of hydrogen-bond acceptors (Lipinski definition) is 5. The highest BCUT2D eigenvalue weighted by atomic mass is 28.4. The van der Waals surface area contributed by atoms with Crippen molar-refractivity contribution >= 4 is 49.4 Å². The molecule has 1 rings (SSSR count). The second kappa shape index (κ2) is 21.0. The van der Waals surface area contributed by atoms with Crippen LogP contribution < -0.4 is 0 Å². The summed E-state index contributed by atoms with van der Waals surface area (Å²) in [4.78, 5) is 0. The fraction of sp³-hybridized carbons (Fsp3) is 0.680. The average Bonchev–Trinajstić information content (AvgIpc) is 3.50. The number of rotatable bonds is 12. The molecular weight excluding hydrogens is 849 g/mol. The van der Waals surface area contributed by atoms with Gasteiger partial charge in [-0.2, -0.15) is 0 Å². The van der Waals surface area contributed by atoms with Crippen LogP contribution in [0.2, 0.25) is 112 Å². The van der Waals surface area contributed by atoms with Crippen LogP contribution in [0, 0.1) is 46.6 Å². The Labute approximate surface area is 383 Å². The van der Waals surface area contributed by atoms with Gasteiger partial charge in [-0.3, -0.25) is 0 Å². The highest BCUT2D eigenvalue weighted by Crippen LogP contribution is 2.40. The van der Waals surface area contributed by atoms with Gasteiger partial charge in [0.1, 0.15) is 16.1 Å². The molecule has 0 aliphatic rings. The van der Waals surface area contributed by atoms with E-state index in [4.69, 9.17) is 22.1 Å². The zero-order valence-electron chi connectivity index (χ0n) is 44.0. The van der Waals surface area contributed by atoms with E-state index in [-0.39, 0.29) is 20.2 Å². The lowest BCUT2D eigenvalue weighted by Crippen LogP contribution is -2.42. The summed E-state index contributed by atoms with van der Waals surface area (Å²) >= 11 is 0. The zero-order valence-corrected chi connectivity index (χ0v) is 50.0. The highest BCUT2D eigenvalue weighted by molar-refractivity contribution is 6.84. The molecule has 0 unspecified atom stereocenters. The van der Waals surface area contributed by atoms with Gasteiger partial charge in [-0.05, 0) is 96.5 Å². The predicted molar refractivity (Wildman–Crippen MR) is 281 cm³/mol. The largest absolute Gasteiger partial charge is 0.439 e. The molecule has 5 nitrogen and oxygen atoms in total. The Kier molecular flexibility index (Phi) is 19.7. The van der Waals surface area contributed by atoms with Crippen molar-refractivity contribution in [3.63, 3.8) is 0 Å². The SMILES string of the molecule is CC(C)(C)[Si](C)(C)OC/C(C#Cc1ccc(C#C/C(CO[Si](C)(C)C(C)(C)C)=C(/C#C[Si](C)(C)C)CO[Si](C)(C)C(C)(C)C)o1)=C(\C#C[Si](C)(C)C)CO[Si](C)(C)C(C)(C)C. The molecule has 11 heteroatoms. The summed E-state index contributed by atoms with van der Waals surface area (Å²) in [5.41, 5.74) is 10.7. The normalized spacial score (nSPS) is 14.6. The lowest BCUT2D eigenvalue weighted by molar-refractivity contribution is 0.308. The van der Waals surface area contributed by atoms with Crippen molar-refractivity contribution in [3.05, 3.63) is 45.9 Å². The van der Waals surface area contributed by atoms with Gasteiger partial charge in [0.05, 0.1) is 26.4 Å². The Bertz CT molecular complexity index is 1830. The van der Waals surface area contributed by atoms with Crippen LogP contribution >= 0.6 is 0 Å². The summed E-state index contributed by atoms with van der Waals surface area (Å²) in [6.45, 7) is 60.5. The van der Waals surface area contributed by atoms with Crippen LogP contribution in [0.15, 0.2) is 38.8 Å². The first kappa shape index (κ1) is 57.2. The molecule has 1 aromatic heterocycles. The number of hydrogen-bond donors (Lipinski definition) is 0. The van der Waals surface area contributed by atoms with E-state index in [0.717, 1.165) is 22.3 Å². The van der Waals surface area contributed by atoms with Crippen molar-refractivity contribution in [3.8, 4) is 46.6 Å². The number of furan rings is 1. The summed E-state index contributed by atoms with van der Waals surface area (Å²) in [7, 11) is -11.8. The van der Waals surface area contributed by atoms with E-state index < -0.39 is 49.4 Å². The first-order valence-electron chi connectivity index (χ1n) is 22.2. The zero-order chi connectivity index (χ0) is 47.9. The topological polar surface area (TPSA) is 50.1 Å². The first-order valence-corrected chi connectivity index (χ1v) is 40.8. The molecular formula is C50H88O5Si6. The lowest BCUT2D eigenvalue weighted by atomic mass is 10.1. The van der Waals surface area contributed by atoms with Gasteiger partial charge in [-0.15, -0.1) is 11.1 Å². The Balaban J connectivity index is 4.06. The van der Waals surface area contributed by atoms with Crippen LogP contribution in [-0.2, 0) is 17.7 Å². The van der Waals surface area contributed by atoms with Crippen LogP contribution in [0.4, 0.5) is 0 Å². The van der Waals surface area contributed by atoms with Crippen LogP contribution in [0.3, 0.4) is 0 Å². The average molecular weight is 938 g/mol. The second-order valence-corrected chi connectivity index (χ2v) is 53.5. The van der Waals surface area contributed by atoms with E-state index in [2.05, 4.69) is 221 Å². The van der Waals surface area contributed by atoms with Crippen LogP contribution in [-0.4, -0.2) is 75.8 Å². The molecule has 0 saturated heterocycles. The smallest absolute Gasteiger partial charge is 0.192 e. The molecule has 0 amide bonds. The third-order valence-electron chi connectivity index (χ3n) is 12.7. The van der Waals surface area contributed by atoms with Gasteiger partial charge in [-0.25, -0.2) is 0 Å². The maximum Gasteiger partial charge on any atom is 0.192 e. The van der Waals surface area contributed by atoms with Gasteiger partial charge in [0, 0.05) is 22.3 Å². The summed E-state index contributed by atoms with van der Waals surface area (Å²) < 4.78 is 33.5. The van der Waals surface area contributed by atoms with Crippen molar-refractivity contribution < 1.29 is 22.1 Å². The summed E-state index contributed by atoms with van der Waals surface area (Å²) in [6.07, 6.45) is 0. The first-order chi connectivity index (χ1) is 27.0. The standard InChI is InChI=1S/C50H88O5Si6/c1-47(2,3)58(19,20)51-37-41(43(33-35-56(13,14)15)39-53-60(23,24)49(7,8)9)27-29-45-31-32-46(55-45)30-28-42(38-52-59(21,22)48(4,5)6)44(34-36-57(16,17)18)40-54-61(25,26)50(10,11)12/h31-32H,37-40H2,1-26H3/b43-41+,44-42+. The van der Waals surface area contributed by atoms with Crippen molar-refractivity contribution in [2.24, 2.45) is 0 Å². The molecule has 0 radical (unpaired) electrons. The van der Waals surface area contributed by atoms with E-state index in [1.165, 1.54) is 0 Å². The molecule has 1 heterocycles. The van der Waals surface area contributed by atoms with Crippen molar-refractivity contribution in [1.82, 2.24) is 0 Å². The molecule has 0 spiro atoms.